The van der Waals surface area contributed by atoms with Gasteiger partial charge >= 0.3 is 0 Å². The van der Waals surface area contributed by atoms with E-state index >= 15 is 0 Å². The average Bonchev–Trinajstić information content (AvgIpc) is 0.804. The van der Waals surface area contributed by atoms with E-state index in [9.17, 15) is 0 Å². The molecule has 0 saturated carbocycles. The van der Waals surface area contributed by atoms with Crippen LogP contribution in [0, 0.1) is 0 Å². The van der Waals surface area contributed by atoms with Gasteiger partial charge in [-0.05, 0) is 189 Å². The molecular formula is C96H68BN3. The molecule has 470 valence electrons. The first-order chi connectivity index (χ1) is 49.2. The van der Waals surface area contributed by atoms with Crippen LogP contribution in [0.1, 0.15) is 26.3 Å². The van der Waals surface area contributed by atoms with Gasteiger partial charge in [-0.15, -0.1) is 0 Å². The van der Waals surface area contributed by atoms with Crippen molar-refractivity contribution in [3.63, 3.8) is 0 Å². The van der Waals surface area contributed by atoms with Crippen molar-refractivity contribution in [3.8, 4) is 83.6 Å². The maximum absolute atomic E-state index is 2.71. The Morgan fingerprint density at radius 2 is 0.610 bits per heavy atom. The first-order valence-electron chi connectivity index (χ1n) is 34.9. The summed E-state index contributed by atoms with van der Waals surface area (Å²) in [4.78, 5) is 5.42. The molecule has 0 bridgehead atoms. The third-order valence-corrected chi connectivity index (χ3v) is 21.0. The van der Waals surface area contributed by atoms with Crippen molar-refractivity contribution in [1.29, 1.82) is 0 Å². The molecule has 0 aliphatic carbocycles. The van der Waals surface area contributed by atoms with Gasteiger partial charge in [-0.1, -0.05) is 294 Å². The van der Waals surface area contributed by atoms with Gasteiger partial charge in [0.25, 0.3) is 6.71 Å². The van der Waals surface area contributed by atoms with Crippen LogP contribution in [-0.2, 0) is 5.41 Å². The molecule has 0 N–H and O–H groups in total. The molecular weight excluding hydrogens is 1210 g/mol. The zero-order valence-electron chi connectivity index (χ0n) is 56.0. The molecule has 19 rings (SSSR count). The SMILES string of the molecule is CC(C)(C)c1cc2c3c(c1)N(c1c(-c4ccccc4)cc(-c4ccccc4)cc1-c1ccccc1)c1cc(-n4c5ccccc5c5ccccc54)ccc1B3c1ccc(-c3ccc4cc5ccccc5cc4c3)cc1N2c1c(-c2ccccc2)cc(-c2ccccc2)cc1-c1ccccc1. The van der Waals surface area contributed by atoms with E-state index in [4.69, 9.17) is 0 Å². The minimum Gasteiger partial charge on any atom is -0.310 e. The molecule has 0 amide bonds. The fourth-order valence-electron chi connectivity index (χ4n) is 16.2. The summed E-state index contributed by atoms with van der Waals surface area (Å²) in [5.41, 5.74) is 30.9. The molecule has 100 heavy (non-hydrogen) atoms. The van der Waals surface area contributed by atoms with E-state index in [1.807, 2.05) is 0 Å². The Morgan fingerprint density at radius 1 is 0.250 bits per heavy atom. The van der Waals surface area contributed by atoms with Crippen molar-refractivity contribution in [3.05, 3.63) is 363 Å². The fraction of sp³-hybridized carbons (Fsp3) is 0.0417. The highest BCUT2D eigenvalue weighted by molar-refractivity contribution is 7.00. The van der Waals surface area contributed by atoms with Gasteiger partial charge in [0.1, 0.15) is 0 Å². The van der Waals surface area contributed by atoms with E-state index in [2.05, 4.69) is 393 Å². The van der Waals surface area contributed by atoms with Gasteiger partial charge in [-0.25, -0.2) is 0 Å². The molecule has 4 heteroatoms. The van der Waals surface area contributed by atoms with Gasteiger partial charge in [0.2, 0.25) is 0 Å². The average molecular weight is 1270 g/mol. The molecule has 16 aromatic carbocycles. The number of hydrogen-bond donors (Lipinski definition) is 0. The van der Waals surface area contributed by atoms with E-state index in [1.165, 1.54) is 70.9 Å². The van der Waals surface area contributed by atoms with Crippen LogP contribution in [0.25, 0.3) is 127 Å². The van der Waals surface area contributed by atoms with Crippen molar-refractivity contribution in [2.24, 2.45) is 0 Å². The Balaban J connectivity index is 0.981. The van der Waals surface area contributed by atoms with Crippen molar-refractivity contribution in [2.45, 2.75) is 26.2 Å². The van der Waals surface area contributed by atoms with E-state index in [0.717, 1.165) is 112 Å². The first-order valence-corrected chi connectivity index (χ1v) is 34.9. The van der Waals surface area contributed by atoms with Gasteiger partial charge in [0.05, 0.1) is 22.4 Å². The number of hydrogen-bond acceptors (Lipinski definition) is 2. The summed E-state index contributed by atoms with van der Waals surface area (Å²) in [7, 11) is 0. The third-order valence-electron chi connectivity index (χ3n) is 21.0. The predicted octanol–water partition coefficient (Wildman–Crippen LogP) is 24.1. The van der Waals surface area contributed by atoms with Crippen molar-refractivity contribution < 1.29 is 0 Å². The van der Waals surface area contributed by atoms with Crippen LogP contribution in [0.3, 0.4) is 0 Å². The molecule has 0 atom stereocenters. The lowest BCUT2D eigenvalue weighted by molar-refractivity contribution is 0.590. The molecule has 0 spiro atoms. The Bertz CT molecular complexity index is 5880. The number of benzene rings is 16. The monoisotopic (exact) mass is 1270 g/mol. The lowest BCUT2D eigenvalue weighted by Gasteiger charge is -2.46. The van der Waals surface area contributed by atoms with E-state index in [-0.39, 0.29) is 12.1 Å². The zero-order valence-corrected chi connectivity index (χ0v) is 56.0. The highest BCUT2D eigenvalue weighted by atomic mass is 15.2. The molecule has 0 fully saturated rings. The van der Waals surface area contributed by atoms with E-state index in [0.29, 0.717) is 0 Å². The van der Waals surface area contributed by atoms with Crippen LogP contribution in [-0.4, -0.2) is 11.3 Å². The standard InChI is InChI=1S/C96H68BN3/c1-96(2,3)77-60-91-93-92(61-77)100(95-83(67-36-18-8-19-37-67)57-76(64-30-12-5-13-31-64)58-84(95)68-38-20-9-21-39-68)90-62-78(98-87-44-26-24-42-79(87)80-43-25-27-45-88(80)98)49-51-86(90)97(93)85-50-48-73(71-46-47-72-52-69-40-22-23-41-70(69)53-74(72)54-71)59-89(85)99(91)94-81(65-32-14-6-15-33-65)55-75(63-28-10-4-11-29-63)56-82(94)66-34-16-7-17-35-66/h4-62H,1-3H3. The lowest BCUT2D eigenvalue weighted by Crippen LogP contribution is -2.61. The maximum atomic E-state index is 2.71. The quantitative estimate of drug-likeness (QED) is 0.0999. The van der Waals surface area contributed by atoms with Crippen molar-refractivity contribution in [1.82, 2.24) is 4.57 Å². The summed E-state index contributed by atoms with van der Waals surface area (Å²) < 4.78 is 2.49. The molecule has 17 aromatic rings. The summed E-state index contributed by atoms with van der Waals surface area (Å²) in [6.45, 7) is 6.94. The Morgan fingerprint density at radius 3 is 1.06 bits per heavy atom. The van der Waals surface area contributed by atoms with Crippen LogP contribution in [0.4, 0.5) is 34.1 Å². The highest BCUT2D eigenvalue weighted by Crippen LogP contribution is 2.56. The minimum absolute atomic E-state index is 0.228. The van der Waals surface area contributed by atoms with Crippen LogP contribution < -0.4 is 26.2 Å². The maximum Gasteiger partial charge on any atom is 0.252 e. The summed E-state index contributed by atoms with van der Waals surface area (Å²) in [5.74, 6) is 0. The van der Waals surface area contributed by atoms with Gasteiger partial charge in [-0.3, -0.25) is 0 Å². The normalized spacial score (nSPS) is 12.5. The van der Waals surface area contributed by atoms with Crippen LogP contribution in [0.5, 0.6) is 0 Å². The van der Waals surface area contributed by atoms with E-state index < -0.39 is 0 Å². The summed E-state index contributed by atoms with van der Waals surface area (Å²) >= 11 is 0. The summed E-state index contributed by atoms with van der Waals surface area (Å²) in [6.07, 6.45) is 0. The number of anilines is 6. The largest absolute Gasteiger partial charge is 0.310 e. The fourth-order valence-corrected chi connectivity index (χ4v) is 16.2. The Labute approximate surface area is 584 Å². The number of rotatable bonds is 10. The molecule has 0 radical (unpaired) electrons. The van der Waals surface area contributed by atoms with Crippen LogP contribution >= 0.6 is 0 Å². The second-order valence-corrected chi connectivity index (χ2v) is 28.0. The lowest BCUT2D eigenvalue weighted by atomic mass is 9.33. The molecule has 2 aliphatic rings. The van der Waals surface area contributed by atoms with Crippen molar-refractivity contribution >= 4 is 101 Å². The van der Waals surface area contributed by atoms with Gasteiger partial charge < -0.3 is 14.4 Å². The van der Waals surface area contributed by atoms with E-state index in [1.54, 1.807) is 0 Å². The van der Waals surface area contributed by atoms with Crippen LogP contribution in [0.2, 0.25) is 0 Å². The zero-order chi connectivity index (χ0) is 66.6. The van der Waals surface area contributed by atoms with Crippen LogP contribution in [0.15, 0.2) is 358 Å². The molecule has 1 aromatic heterocycles. The summed E-state index contributed by atoms with van der Waals surface area (Å²) in [5, 5.41) is 7.37. The molecule has 2 aliphatic heterocycles. The number of para-hydroxylation sites is 2. The predicted molar refractivity (Wildman–Crippen MR) is 427 cm³/mol. The van der Waals surface area contributed by atoms with Gasteiger partial charge in [0.15, 0.2) is 0 Å². The molecule has 3 nitrogen and oxygen atoms in total. The second-order valence-electron chi connectivity index (χ2n) is 28.0. The Hall–Kier alpha value is -12.5. The number of nitrogens with zero attached hydrogens (tertiary/aromatic N) is 3. The molecule has 3 heterocycles. The Kier molecular flexibility index (Phi) is 13.9. The smallest absolute Gasteiger partial charge is 0.252 e. The van der Waals surface area contributed by atoms with Crippen molar-refractivity contribution in [2.75, 3.05) is 9.80 Å². The number of fused-ring (bicyclic) bond motifs is 9. The topological polar surface area (TPSA) is 11.4 Å². The highest BCUT2D eigenvalue weighted by Gasteiger charge is 2.46. The number of aromatic nitrogens is 1. The first kappa shape index (κ1) is 58.8. The second kappa shape index (κ2) is 23.7. The van der Waals surface area contributed by atoms with Gasteiger partial charge in [-0.2, -0.15) is 0 Å². The minimum atomic E-state index is -0.329. The summed E-state index contributed by atoms with van der Waals surface area (Å²) in [6, 6.07) is 134. The third kappa shape index (κ3) is 9.81. The van der Waals surface area contributed by atoms with Gasteiger partial charge in [0, 0.05) is 61.5 Å². The molecule has 0 saturated heterocycles. The molecule has 0 unspecified atom stereocenters.